The fraction of sp³-hybridized carbons (Fsp3) is 0.714. The normalized spacial score (nSPS) is 27.1. The van der Waals surface area contributed by atoms with Crippen LogP contribution in [0.1, 0.15) is 19.3 Å². The van der Waals surface area contributed by atoms with Crippen molar-refractivity contribution < 1.29 is 14.7 Å². The average molecular weight is 142 g/mol. The molecule has 0 saturated heterocycles. The van der Waals surface area contributed by atoms with Gasteiger partial charge in [-0.1, -0.05) is 0 Å². The minimum Gasteiger partial charge on any atom is -0.396 e. The maximum absolute atomic E-state index is 10.9. The second-order valence-electron chi connectivity index (χ2n) is 2.59. The number of Topliss-reactive ketones (excluding diaryl/α,β-unsaturated/α-hetero) is 2. The number of hydrogen-bond acceptors (Lipinski definition) is 3. The summed E-state index contributed by atoms with van der Waals surface area (Å²) in [6.07, 6.45) is 0.939. The topological polar surface area (TPSA) is 54.4 Å². The first-order valence-electron chi connectivity index (χ1n) is 3.39. The predicted molar refractivity (Wildman–Crippen MR) is 34.4 cm³/mol. The van der Waals surface area contributed by atoms with Gasteiger partial charge in [-0.3, -0.25) is 9.59 Å². The Morgan fingerprint density at radius 1 is 1.40 bits per heavy atom. The minimum absolute atomic E-state index is 0.0297. The van der Waals surface area contributed by atoms with Crippen LogP contribution in [0.25, 0.3) is 0 Å². The highest BCUT2D eigenvalue weighted by atomic mass is 16.3. The van der Waals surface area contributed by atoms with E-state index in [1.54, 1.807) is 0 Å². The molecule has 0 aromatic heterocycles. The van der Waals surface area contributed by atoms with Crippen molar-refractivity contribution in [2.24, 2.45) is 5.92 Å². The molecule has 0 heterocycles. The number of ketones is 2. The molecule has 1 saturated carbocycles. The molecule has 0 aliphatic heterocycles. The maximum Gasteiger partial charge on any atom is 0.139 e. The summed E-state index contributed by atoms with van der Waals surface area (Å²) in [5.41, 5.74) is 0. The molecule has 0 spiro atoms. The van der Waals surface area contributed by atoms with Crippen LogP contribution in [-0.4, -0.2) is 23.3 Å². The zero-order valence-corrected chi connectivity index (χ0v) is 5.67. The summed E-state index contributed by atoms with van der Waals surface area (Å²) < 4.78 is 0. The summed E-state index contributed by atoms with van der Waals surface area (Å²) in [6.45, 7) is -0.176. The van der Waals surface area contributed by atoms with Crippen LogP contribution in [0, 0.1) is 5.92 Å². The van der Waals surface area contributed by atoms with Crippen LogP contribution in [0.2, 0.25) is 0 Å². The lowest BCUT2D eigenvalue weighted by Gasteiger charge is -2.16. The van der Waals surface area contributed by atoms with Gasteiger partial charge in [-0.15, -0.1) is 0 Å². The molecule has 10 heavy (non-hydrogen) atoms. The van der Waals surface area contributed by atoms with Gasteiger partial charge in [0, 0.05) is 25.2 Å². The van der Waals surface area contributed by atoms with Crippen LogP contribution in [-0.2, 0) is 9.59 Å². The zero-order chi connectivity index (χ0) is 7.56. The summed E-state index contributed by atoms with van der Waals surface area (Å²) in [6, 6.07) is 0. The van der Waals surface area contributed by atoms with E-state index >= 15 is 0 Å². The van der Waals surface area contributed by atoms with Crippen LogP contribution in [0.4, 0.5) is 0 Å². The number of rotatable bonds is 1. The number of hydrogen-bond donors (Lipinski definition) is 1. The molecule has 1 atom stereocenters. The largest absolute Gasteiger partial charge is 0.396 e. The monoisotopic (exact) mass is 142 g/mol. The molecule has 1 rings (SSSR count). The van der Waals surface area contributed by atoms with Gasteiger partial charge in [0.05, 0.1) is 6.61 Å². The van der Waals surface area contributed by atoms with Crippen molar-refractivity contribution in [2.75, 3.05) is 6.61 Å². The smallest absolute Gasteiger partial charge is 0.139 e. The first-order chi connectivity index (χ1) is 4.74. The number of aliphatic hydroxyl groups is 1. The number of carbonyl (C=O) groups is 2. The van der Waals surface area contributed by atoms with Crippen LogP contribution < -0.4 is 0 Å². The van der Waals surface area contributed by atoms with E-state index in [4.69, 9.17) is 5.11 Å². The van der Waals surface area contributed by atoms with Crippen LogP contribution in [0.3, 0.4) is 0 Å². The van der Waals surface area contributed by atoms with Crippen LogP contribution in [0.15, 0.2) is 0 Å². The van der Waals surface area contributed by atoms with E-state index in [0.29, 0.717) is 12.8 Å². The molecule has 0 aromatic carbocycles. The van der Waals surface area contributed by atoms with Crippen molar-refractivity contribution >= 4 is 11.6 Å². The summed E-state index contributed by atoms with van der Waals surface area (Å²) in [7, 11) is 0. The quantitative estimate of drug-likeness (QED) is 0.557. The second kappa shape index (κ2) is 2.92. The van der Waals surface area contributed by atoms with Gasteiger partial charge in [-0.25, -0.2) is 0 Å². The van der Waals surface area contributed by atoms with E-state index in [-0.39, 0.29) is 24.6 Å². The fourth-order valence-corrected chi connectivity index (χ4v) is 1.12. The molecule has 1 unspecified atom stereocenters. The molecule has 0 radical (unpaired) electrons. The molecule has 1 fully saturated rings. The standard InChI is InChI=1S/C7H10O3/c8-4-5-3-6(9)1-2-7(5)10/h5,8H,1-4H2. The van der Waals surface area contributed by atoms with Crippen molar-refractivity contribution in [2.45, 2.75) is 19.3 Å². The van der Waals surface area contributed by atoms with Gasteiger partial charge in [0.1, 0.15) is 11.6 Å². The molecular formula is C7H10O3. The average Bonchev–Trinajstić information content (AvgIpc) is 1.94. The Labute approximate surface area is 59.0 Å². The Hall–Kier alpha value is -0.700. The molecule has 0 bridgehead atoms. The molecule has 0 aromatic rings. The van der Waals surface area contributed by atoms with Gasteiger partial charge >= 0.3 is 0 Å². The van der Waals surface area contributed by atoms with Gasteiger partial charge < -0.3 is 5.11 Å². The van der Waals surface area contributed by atoms with E-state index in [1.807, 2.05) is 0 Å². The Morgan fingerprint density at radius 3 is 2.60 bits per heavy atom. The lowest BCUT2D eigenvalue weighted by Crippen LogP contribution is -2.27. The summed E-state index contributed by atoms with van der Waals surface area (Å²) >= 11 is 0. The van der Waals surface area contributed by atoms with Crippen molar-refractivity contribution in [3.05, 3.63) is 0 Å². The molecule has 1 aliphatic rings. The fourth-order valence-electron chi connectivity index (χ4n) is 1.12. The van der Waals surface area contributed by atoms with E-state index < -0.39 is 5.92 Å². The zero-order valence-electron chi connectivity index (χ0n) is 5.67. The van der Waals surface area contributed by atoms with E-state index in [0.717, 1.165) is 0 Å². The molecule has 3 heteroatoms. The van der Waals surface area contributed by atoms with Crippen molar-refractivity contribution in [3.63, 3.8) is 0 Å². The Kier molecular flexibility index (Phi) is 2.17. The first-order valence-corrected chi connectivity index (χ1v) is 3.39. The molecule has 3 nitrogen and oxygen atoms in total. The molecule has 56 valence electrons. The van der Waals surface area contributed by atoms with Crippen molar-refractivity contribution in [3.8, 4) is 0 Å². The van der Waals surface area contributed by atoms with Crippen molar-refractivity contribution in [1.29, 1.82) is 0 Å². The third kappa shape index (κ3) is 1.42. The SMILES string of the molecule is O=C1CCC(=O)C(CO)C1. The van der Waals surface area contributed by atoms with Gasteiger partial charge in [0.15, 0.2) is 0 Å². The third-order valence-corrected chi connectivity index (χ3v) is 1.80. The van der Waals surface area contributed by atoms with E-state index in [1.165, 1.54) is 0 Å². The van der Waals surface area contributed by atoms with E-state index in [9.17, 15) is 9.59 Å². The number of carbonyl (C=O) groups excluding carboxylic acids is 2. The van der Waals surface area contributed by atoms with E-state index in [2.05, 4.69) is 0 Å². The highest BCUT2D eigenvalue weighted by Crippen LogP contribution is 2.16. The third-order valence-electron chi connectivity index (χ3n) is 1.80. The lowest BCUT2D eigenvalue weighted by molar-refractivity contribution is -0.134. The lowest BCUT2D eigenvalue weighted by atomic mass is 9.88. The number of aliphatic hydroxyl groups excluding tert-OH is 1. The summed E-state index contributed by atoms with van der Waals surface area (Å²) in [5.74, 6) is -0.276. The molecule has 1 N–H and O–H groups in total. The predicted octanol–water partition coefficient (Wildman–Crippen LogP) is -0.0830. The maximum atomic E-state index is 10.9. The van der Waals surface area contributed by atoms with Gasteiger partial charge in [-0.2, -0.15) is 0 Å². The Morgan fingerprint density at radius 2 is 2.10 bits per heavy atom. The van der Waals surface area contributed by atoms with Crippen molar-refractivity contribution in [1.82, 2.24) is 0 Å². The highest BCUT2D eigenvalue weighted by molar-refractivity contribution is 5.94. The summed E-state index contributed by atoms with van der Waals surface area (Å²) in [5, 5.41) is 8.61. The molecular weight excluding hydrogens is 132 g/mol. The summed E-state index contributed by atoms with van der Waals surface area (Å²) in [4.78, 5) is 21.6. The van der Waals surface area contributed by atoms with Gasteiger partial charge in [-0.05, 0) is 0 Å². The van der Waals surface area contributed by atoms with Crippen LogP contribution >= 0.6 is 0 Å². The first kappa shape index (κ1) is 7.41. The molecule has 1 aliphatic carbocycles. The van der Waals surface area contributed by atoms with Gasteiger partial charge in [0.25, 0.3) is 0 Å². The van der Waals surface area contributed by atoms with Gasteiger partial charge in [0.2, 0.25) is 0 Å². The Bertz CT molecular complexity index is 162. The van der Waals surface area contributed by atoms with Crippen LogP contribution in [0.5, 0.6) is 0 Å². The molecule has 0 amide bonds. The minimum atomic E-state index is -0.402. The second-order valence-corrected chi connectivity index (χ2v) is 2.59. The Balaban J connectivity index is 2.53. The highest BCUT2D eigenvalue weighted by Gasteiger charge is 2.25.